The number of hydrogen-bond donors (Lipinski definition) is 2. The first kappa shape index (κ1) is 11.2. The summed E-state index contributed by atoms with van der Waals surface area (Å²) < 4.78 is 0. The molecule has 0 aromatic rings. The van der Waals surface area contributed by atoms with Gasteiger partial charge in [-0.25, -0.2) is 0 Å². The predicted molar refractivity (Wildman–Crippen MR) is 62.6 cm³/mol. The molecule has 0 aromatic heterocycles. The molecule has 2 aliphatic carbocycles. The normalized spacial score (nSPS) is 35.3. The average Bonchev–Trinajstić information content (AvgIpc) is 2.53. The van der Waals surface area contributed by atoms with E-state index in [-0.39, 0.29) is 6.61 Å². The molecule has 0 amide bonds. The molecule has 2 nitrogen and oxygen atoms in total. The topological polar surface area (TPSA) is 32.3 Å². The van der Waals surface area contributed by atoms with Crippen LogP contribution in [0.5, 0.6) is 0 Å². The number of allylic oxidation sites excluding steroid dienone is 1. The first-order valence-corrected chi connectivity index (χ1v) is 6.24. The lowest BCUT2D eigenvalue weighted by Crippen LogP contribution is -2.53. The van der Waals surface area contributed by atoms with Gasteiger partial charge in [-0.2, -0.15) is 0 Å². The molecule has 0 radical (unpaired) electrons. The standard InChI is InChI=1S/C13H23NO/c1-9(2)6-11(8-15)14-13-7-10-4-3-5-12(10)13/h3,5,9-15H,4,6-8H2,1-2H3. The summed E-state index contributed by atoms with van der Waals surface area (Å²) in [6.07, 6.45) is 8.32. The Morgan fingerprint density at radius 3 is 2.87 bits per heavy atom. The summed E-state index contributed by atoms with van der Waals surface area (Å²) in [4.78, 5) is 0. The fourth-order valence-corrected chi connectivity index (χ4v) is 2.97. The minimum absolute atomic E-state index is 0.274. The highest BCUT2D eigenvalue weighted by Crippen LogP contribution is 2.42. The molecule has 4 atom stereocenters. The Bertz CT molecular complexity index is 237. The number of aliphatic hydroxyl groups is 1. The largest absolute Gasteiger partial charge is 0.395 e. The lowest BCUT2D eigenvalue weighted by Gasteiger charge is -2.42. The molecule has 0 saturated heterocycles. The molecule has 2 N–H and O–H groups in total. The van der Waals surface area contributed by atoms with Crippen LogP contribution < -0.4 is 5.32 Å². The first-order chi connectivity index (χ1) is 7.20. The van der Waals surface area contributed by atoms with Crippen LogP contribution in [0.1, 0.15) is 33.1 Å². The van der Waals surface area contributed by atoms with Crippen LogP contribution >= 0.6 is 0 Å². The molecule has 2 rings (SSSR count). The van der Waals surface area contributed by atoms with Crippen LogP contribution in [0.4, 0.5) is 0 Å². The number of hydrogen-bond acceptors (Lipinski definition) is 2. The molecule has 0 heterocycles. The van der Waals surface area contributed by atoms with Gasteiger partial charge in [0.2, 0.25) is 0 Å². The van der Waals surface area contributed by atoms with Gasteiger partial charge < -0.3 is 10.4 Å². The van der Waals surface area contributed by atoms with Crippen LogP contribution in [0.2, 0.25) is 0 Å². The number of nitrogens with one attached hydrogen (secondary N) is 1. The van der Waals surface area contributed by atoms with E-state index in [1.807, 2.05) is 0 Å². The van der Waals surface area contributed by atoms with Crippen LogP contribution in [-0.2, 0) is 0 Å². The van der Waals surface area contributed by atoms with Gasteiger partial charge in [0, 0.05) is 12.1 Å². The van der Waals surface area contributed by atoms with Crippen molar-refractivity contribution in [2.24, 2.45) is 17.8 Å². The Morgan fingerprint density at radius 2 is 2.27 bits per heavy atom. The summed E-state index contributed by atoms with van der Waals surface area (Å²) in [6.45, 7) is 4.70. The average molecular weight is 209 g/mol. The van der Waals surface area contributed by atoms with Crippen LogP contribution in [0.15, 0.2) is 12.2 Å². The maximum absolute atomic E-state index is 9.30. The molecular weight excluding hydrogens is 186 g/mol. The molecular formula is C13H23NO. The highest BCUT2D eigenvalue weighted by molar-refractivity contribution is 5.13. The fraction of sp³-hybridized carbons (Fsp3) is 0.846. The zero-order valence-corrected chi connectivity index (χ0v) is 9.82. The van der Waals surface area contributed by atoms with Crippen LogP contribution in [0.3, 0.4) is 0 Å². The number of aliphatic hydroxyl groups excluding tert-OH is 1. The van der Waals surface area contributed by atoms with E-state index in [2.05, 4.69) is 31.3 Å². The number of rotatable bonds is 5. The zero-order valence-electron chi connectivity index (χ0n) is 9.82. The Kier molecular flexibility index (Phi) is 3.47. The van der Waals surface area contributed by atoms with E-state index in [0.717, 1.165) is 18.3 Å². The van der Waals surface area contributed by atoms with Crippen LogP contribution in [-0.4, -0.2) is 23.8 Å². The maximum Gasteiger partial charge on any atom is 0.0584 e. The third-order valence-corrected chi connectivity index (χ3v) is 3.79. The van der Waals surface area contributed by atoms with Gasteiger partial charge in [-0.05, 0) is 37.0 Å². The summed E-state index contributed by atoms with van der Waals surface area (Å²) >= 11 is 0. The van der Waals surface area contributed by atoms with E-state index in [0.29, 0.717) is 18.0 Å². The number of fused-ring (bicyclic) bond motifs is 1. The van der Waals surface area contributed by atoms with Gasteiger partial charge in [-0.1, -0.05) is 26.0 Å². The molecule has 86 valence electrons. The molecule has 1 saturated carbocycles. The fourth-order valence-electron chi connectivity index (χ4n) is 2.97. The molecule has 0 spiro atoms. The van der Waals surface area contributed by atoms with Crippen LogP contribution in [0.25, 0.3) is 0 Å². The Morgan fingerprint density at radius 1 is 1.47 bits per heavy atom. The summed E-state index contributed by atoms with van der Waals surface area (Å²) in [5.41, 5.74) is 0. The van der Waals surface area contributed by atoms with Gasteiger partial charge in [0.1, 0.15) is 0 Å². The van der Waals surface area contributed by atoms with Gasteiger partial charge >= 0.3 is 0 Å². The van der Waals surface area contributed by atoms with E-state index >= 15 is 0 Å². The third-order valence-electron chi connectivity index (χ3n) is 3.79. The molecule has 0 aliphatic heterocycles. The molecule has 4 unspecified atom stereocenters. The molecule has 1 fully saturated rings. The molecule has 0 bridgehead atoms. The van der Waals surface area contributed by atoms with Gasteiger partial charge in [0.15, 0.2) is 0 Å². The van der Waals surface area contributed by atoms with Crippen molar-refractivity contribution in [1.29, 1.82) is 0 Å². The van der Waals surface area contributed by atoms with E-state index in [1.54, 1.807) is 0 Å². The first-order valence-electron chi connectivity index (χ1n) is 6.24. The summed E-state index contributed by atoms with van der Waals surface area (Å²) in [5.74, 6) is 2.32. The lowest BCUT2D eigenvalue weighted by atomic mass is 9.71. The highest BCUT2D eigenvalue weighted by atomic mass is 16.3. The van der Waals surface area contributed by atoms with Crippen molar-refractivity contribution < 1.29 is 5.11 Å². The highest BCUT2D eigenvalue weighted by Gasteiger charge is 2.41. The smallest absolute Gasteiger partial charge is 0.0584 e. The van der Waals surface area contributed by atoms with E-state index < -0.39 is 0 Å². The van der Waals surface area contributed by atoms with Gasteiger partial charge in [-0.3, -0.25) is 0 Å². The van der Waals surface area contributed by atoms with Gasteiger partial charge in [-0.15, -0.1) is 0 Å². The SMILES string of the molecule is CC(C)CC(CO)NC1CC2CC=CC21. The lowest BCUT2D eigenvalue weighted by molar-refractivity contribution is 0.122. The minimum Gasteiger partial charge on any atom is -0.395 e. The Balaban J connectivity index is 1.78. The Hall–Kier alpha value is -0.340. The van der Waals surface area contributed by atoms with E-state index in [9.17, 15) is 5.11 Å². The Labute approximate surface area is 92.8 Å². The van der Waals surface area contributed by atoms with Crippen molar-refractivity contribution in [2.75, 3.05) is 6.61 Å². The van der Waals surface area contributed by atoms with Crippen molar-refractivity contribution in [3.8, 4) is 0 Å². The molecule has 2 aliphatic rings. The quantitative estimate of drug-likeness (QED) is 0.678. The van der Waals surface area contributed by atoms with Gasteiger partial charge in [0.05, 0.1) is 6.61 Å². The van der Waals surface area contributed by atoms with Crippen molar-refractivity contribution in [3.63, 3.8) is 0 Å². The van der Waals surface area contributed by atoms with Crippen LogP contribution in [0, 0.1) is 17.8 Å². The van der Waals surface area contributed by atoms with E-state index in [4.69, 9.17) is 0 Å². The molecule has 2 heteroatoms. The second-order valence-electron chi connectivity index (χ2n) is 5.52. The van der Waals surface area contributed by atoms with Gasteiger partial charge in [0.25, 0.3) is 0 Å². The predicted octanol–water partition coefficient (Wildman–Crippen LogP) is 1.95. The van der Waals surface area contributed by atoms with Crippen molar-refractivity contribution in [2.45, 2.75) is 45.2 Å². The second kappa shape index (κ2) is 4.67. The van der Waals surface area contributed by atoms with E-state index in [1.165, 1.54) is 12.8 Å². The monoisotopic (exact) mass is 209 g/mol. The van der Waals surface area contributed by atoms with Crippen molar-refractivity contribution in [1.82, 2.24) is 5.32 Å². The van der Waals surface area contributed by atoms with Crippen molar-refractivity contribution >= 4 is 0 Å². The summed E-state index contributed by atoms with van der Waals surface area (Å²) in [6, 6.07) is 0.926. The maximum atomic E-state index is 9.30. The summed E-state index contributed by atoms with van der Waals surface area (Å²) in [5, 5.41) is 12.9. The minimum atomic E-state index is 0.274. The zero-order chi connectivity index (χ0) is 10.8. The van der Waals surface area contributed by atoms with Crippen molar-refractivity contribution in [3.05, 3.63) is 12.2 Å². The second-order valence-corrected chi connectivity index (χ2v) is 5.52. The molecule has 15 heavy (non-hydrogen) atoms. The third kappa shape index (κ3) is 2.43. The molecule has 0 aromatic carbocycles. The summed E-state index contributed by atoms with van der Waals surface area (Å²) in [7, 11) is 0.